The minimum absolute atomic E-state index is 0.621. The number of anilines is 1. The summed E-state index contributed by atoms with van der Waals surface area (Å²) in [6, 6.07) is 0. The molecule has 0 radical (unpaired) electrons. The number of rotatable bonds is 9. The molecule has 0 saturated heterocycles. The summed E-state index contributed by atoms with van der Waals surface area (Å²) in [5, 5.41) is 3.32. The van der Waals surface area contributed by atoms with Gasteiger partial charge in [0.1, 0.15) is 12.1 Å². The Labute approximate surface area is 114 Å². The summed E-state index contributed by atoms with van der Waals surface area (Å²) in [6.45, 7) is 5.47. The Hall–Kier alpha value is -1.03. The highest BCUT2D eigenvalue weighted by Gasteiger charge is 2.06. The molecule has 1 aromatic rings. The number of alkyl halides is 1. The predicted octanol–water partition coefficient (Wildman–Crippen LogP) is 3.39. The first kappa shape index (κ1) is 15.0. The molecular formula is C13H22ClN3O. The molecule has 18 heavy (non-hydrogen) atoms. The highest BCUT2D eigenvalue weighted by Crippen LogP contribution is 2.20. The predicted molar refractivity (Wildman–Crippen MR) is 75.6 cm³/mol. The first-order valence-electron chi connectivity index (χ1n) is 6.53. The first-order chi connectivity index (χ1) is 8.79. The molecule has 1 N–H and O–H groups in total. The highest BCUT2D eigenvalue weighted by molar-refractivity contribution is 6.17. The maximum Gasteiger partial charge on any atom is 0.221 e. The molecule has 0 amide bonds. The molecule has 1 aromatic heterocycles. The van der Waals surface area contributed by atoms with Gasteiger partial charge in [-0.1, -0.05) is 12.8 Å². The summed E-state index contributed by atoms with van der Waals surface area (Å²) in [6.07, 6.45) is 6.15. The molecule has 0 unspecified atom stereocenters. The van der Waals surface area contributed by atoms with Crippen molar-refractivity contribution in [1.82, 2.24) is 9.97 Å². The smallest absolute Gasteiger partial charge is 0.221 e. The zero-order valence-electron chi connectivity index (χ0n) is 11.2. The number of unbranched alkanes of at least 4 members (excludes halogenated alkanes) is 3. The summed E-state index contributed by atoms with van der Waals surface area (Å²) < 4.78 is 5.43. The molecular weight excluding hydrogens is 250 g/mol. The Morgan fingerprint density at radius 2 is 2.00 bits per heavy atom. The number of aromatic nitrogens is 2. The van der Waals surface area contributed by atoms with Gasteiger partial charge in [0.15, 0.2) is 0 Å². The second-order valence-electron chi connectivity index (χ2n) is 4.12. The molecule has 0 aliphatic heterocycles. The third-order valence-corrected chi connectivity index (χ3v) is 2.94. The lowest BCUT2D eigenvalue weighted by molar-refractivity contribution is 0.324. The van der Waals surface area contributed by atoms with Gasteiger partial charge >= 0.3 is 0 Å². The lowest BCUT2D eigenvalue weighted by Crippen LogP contribution is -2.07. The Morgan fingerprint density at radius 1 is 1.22 bits per heavy atom. The van der Waals surface area contributed by atoms with Crippen LogP contribution in [0.1, 0.15) is 38.2 Å². The summed E-state index contributed by atoms with van der Waals surface area (Å²) in [7, 11) is 0. The summed E-state index contributed by atoms with van der Waals surface area (Å²) in [5.41, 5.74) is 0.972. The minimum atomic E-state index is 0.621. The molecule has 0 bridgehead atoms. The van der Waals surface area contributed by atoms with Crippen LogP contribution in [0.3, 0.4) is 0 Å². The summed E-state index contributed by atoms with van der Waals surface area (Å²) in [5.74, 6) is 2.29. The monoisotopic (exact) mass is 271 g/mol. The van der Waals surface area contributed by atoms with Gasteiger partial charge < -0.3 is 10.1 Å². The third kappa shape index (κ3) is 5.08. The van der Waals surface area contributed by atoms with Gasteiger partial charge in [-0.3, -0.25) is 0 Å². The average molecular weight is 272 g/mol. The fourth-order valence-electron chi connectivity index (χ4n) is 1.67. The molecule has 0 saturated carbocycles. The molecule has 0 spiro atoms. The van der Waals surface area contributed by atoms with Crippen LogP contribution in [0.15, 0.2) is 6.33 Å². The van der Waals surface area contributed by atoms with Crippen molar-refractivity contribution in [3.8, 4) is 5.88 Å². The van der Waals surface area contributed by atoms with Crippen LogP contribution in [0.25, 0.3) is 0 Å². The van der Waals surface area contributed by atoms with E-state index in [0.717, 1.165) is 36.6 Å². The van der Waals surface area contributed by atoms with E-state index in [0.29, 0.717) is 12.5 Å². The quantitative estimate of drug-likeness (QED) is 0.552. The third-order valence-electron chi connectivity index (χ3n) is 2.67. The summed E-state index contributed by atoms with van der Waals surface area (Å²) >= 11 is 5.63. The Morgan fingerprint density at radius 3 is 2.72 bits per heavy atom. The fourth-order valence-corrected chi connectivity index (χ4v) is 1.86. The molecule has 0 aliphatic rings. The van der Waals surface area contributed by atoms with Crippen LogP contribution in [0.5, 0.6) is 5.88 Å². The van der Waals surface area contributed by atoms with Gasteiger partial charge in [0.25, 0.3) is 0 Å². The van der Waals surface area contributed by atoms with Gasteiger partial charge in [0, 0.05) is 12.4 Å². The molecule has 102 valence electrons. The Kier molecular flexibility index (Phi) is 7.49. The zero-order valence-corrected chi connectivity index (χ0v) is 12.0. The second kappa shape index (κ2) is 8.97. The van der Waals surface area contributed by atoms with Crippen molar-refractivity contribution in [3.63, 3.8) is 0 Å². The fraction of sp³-hybridized carbons (Fsp3) is 0.692. The van der Waals surface area contributed by atoms with Crippen molar-refractivity contribution in [1.29, 1.82) is 0 Å². The van der Waals surface area contributed by atoms with E-state index in [4.69, 9.17) is 16.3 Å². The molecule has 0 atom stereocenters. The molecule has 1 heterocycles. The van der Waals surface area contributed by atoms with Gasteiger partial charge in [0.2, 0.25) is 5.88 Å². The van der Waals surface area contributed by atoms with E-state index < -0.39 is 0 Å². The normalized spacial score (nSPS) is 10.4. The molecule has 0 fully saturated rings. The van der Waals surface area contributed by atoms with Gasteiger partial charge in [-0.2, -0.15) is 0 Å². The molecule has 0 aromatic carbocycles. The SMILES string of the molecule is CCOc1ncnc(NCCCCCCCl)c1C. The van der Waals surface area contributed by atoms with Crippen LogP contribution in [0.4, 0.5) is 5.82 Å². The van der Waals surface area contributed by atoms with Crippen LogP contribution in [-0.2, 0) is 0 Å². The summed E-state index contributed by atoms with van der Waals surface area (Å²) in [4.78, 5) is 8.34. The lowest BCUT2D eigenvalue weighted by atomic mass is 10.2. The lowest BCUT2D eigenvalue weighted by Gasteiger charge is -2.11. The molecule has 5 heteroatoms. The molecule has 4 nitrogen and oxygen atoms in total. The Bertz CT molecular complexity index is 347. The van der Waals surface area contributed by atoms with Crippen LogP contribution in [0, 0.1) is 6.92 Å². The van der Waals surface area contributed by atoms with E-state index in [9.17, 15) is 0 Å². The van der Waals surface area contributed by atoms with Crippen molar-refractivity contribution in [2.24, 2.45) is 0 Å². The number of halogens is 1. The van der Waals surface area contributed by atoms with Crippen LogP contribution < -0.4 is 10.1 Å². The van der Waals surface area contributed by atoms with E-state index in [2.05, 4.69) is 15.3 Å². The largest absolute Gasteiger partial charge is 0.478 e. The maximum atomic E-state index is 5.63. The van der Waals surface area contributed by atoms with Crippen molar-refractivity contribution in [3.05, 3.63) is 11.9 Å². The van der Waals surface area contributed by atoms with E-state index >= 15 is 0 Å². The van der Waals surface area contributed by atoms with E-state index in [1.165, 1.54) is 19.2 Å². The zero-order chi connectivity index (χ0) is 13.2. The van der Waals surface area contributed by atoms with E-state index in [-0.39, 0.29) is 0 Å². The standard InChI is InChI=1S/C13H22ClN3O/c1-3-18-13-11(2)12(16-10-17-13)15-9-7-5-4-6-8-14/h10H,3-9H2,1-2H3,(H,15,16,17). The van der Waals surface area contributed by atoms with Gasteiger partial charge in [-0.05, 0) is 26.7 Å². The molecule has 1 rings (SSSR count). The maximum absolute atomic E-state index is 5.63. The average Bonchev–Trinajstić information content (AvgIpc) is 2.38. The first-order valence-corrected chi connectivity index (χ1v) is 7.07. The number of ether oxygens (including phenoxy) is 1. The highest BCUT2D eigenvalue weighted by atomic mass is 35.5. The van der Waals surface area contributed by atoms with Crippen molar-refractivity contribution < 1.29 is 4.74 Å². The van der Waals surface area contributed by atoms with Crippen LogP contribution >= 0.6 is 11.6 Å². The van der Waals surface area contributed by atoms with Crippen molar-refractivity contribution >= 4 is 17.4 Å². The second-order valence-corrected chi connectivity index (χ2v) is 4.49. The van der Waals surface area contributed by atoms with Gasteiger partial charge in [-0.15, -0.1) is 11.6 Å². The van der Waals surface area contributed by atoms with E-state index in [1.54, 1.807) is 0 Å². The van der Waals surface area contributed by atoms with Crippen LogP contribution in [0.2, 0.25) is 0 Å². The Balaban J connectivity index is 2.35. The number of nitrogens with zero attached hydrogens (tertiary/aromatic N) is 2. The van der Waals surface area contributed by atoms with Crippen molar-refractivity contribution in [2.75, 3.05) is 24.3 Å². The number of hydrogen-bond acceptors (Lipinski definition) is 4. The topological polar surface area (TPSA) is 47.0 Å². The number of nitrogens with one attached hydrogen (secondary N) is 1. The van der Waals surface area contributed by atoms with Gasteiger partial charge in [-0.25, -0.2) is 9.97 Å². The van der Waals surface area contributed by atoms with Crippen LogP contribution in [-0.4, -0.2) is 29.0 Å². The molecule has 0 aliphatic carbocycles. The minimum Gasteiger partial charge on any atom is -0.478 e. The van der Waals surface area contributed by atoms with Crippen molar-refractivity contribution in [2.45, 2.75) is 39.5 Å². The van der Waals surface area contributed by atoms with E-state index in [1.807, 2.05) is 13.8 Å². The number of hydrogen-bond donors (Lipinski definition) is 1. The van der Waals surface area contributed by atoms with Gasteiger partial charge in [0.05, 0.1) is 12.2 Å².